The Bertz CT molecular complexity index is 974. The average molecular weight is 410 g/mol. The summed E-state index contributed by atoms with van der Waals surface area (Å²) < 4.78 is 11.9. The average Bonchev–Trinajstić information content (AvgIpc) is 2.70. The second kappa shape index (κ2) is 8.03. The van der Waals surface area contributed by atoms with Crippen LogP contribution in [0.4, 0.5) is 0 Å². The fourth-order valence-electron chi connectivity index (χ4n) is 4.64. The summed E-state index contributed by atoms with van der Waals surface area (Å²) in [6, 6.07) is 6.27. The largest absolute Gasteiger partial charge is 0.493 e. The van der Waals surface area contributed by atoms with E-state index in [2.05, 4.69) is 12.1 Å². The molecule has 1 unspecified atom stereocenters. The third kappa shape index (κ3) is 4.08. The smallest absolute Gasteiger partial charge is 0.337 e. The van der Waals surface area contributed by atoms with Gasteiger partial charge in [0.1, 0.15) is 5.75 Å². The third-order valence-electron chi connectivity index (χ3n) is 5.86. The summed E-state index contributed by atoms with van der Waals surface area (Å²) in [5.74, 6) is -0.0416. The van der Waals surface area contributed by atoms with E-state index in [1.807, 2.05) is 33.8 Å². The summed E-state index contributed by atoms with van der Waals surface area (Å²) in [7, 11) is 0. The Labute approximate surface area is 178 Å². The first-order valence-corrected chi connectivity index (χ1v) is 10.9. The Hall–Kier alpha value is -2.40. The summed E-state index contributed by atoms with van der Waals surface area (Å²) >= 11 is 0. The van der Waals surface area contributed by atoms with E-state index in [0.717, 1.165) is 73.4 Å². The van der Waals surface area contributed by atoms with Crippen LogP contribution in [-0.4, -0.2) is 28.3 Å². The molecule has 1 aliphatic carbocycles. The van der Waals surface area contributed by atoms with E-state index in [1.165, 1.54) is 11.1 Å². The molecule has 5 nitrogen and oxygen atoms in total. The molecule has 0 saturated carbocycles. The lowest BCUT2D eigenvalue weighted by Gasteiger charge is -2.30. The van der Waals surface area contributed by atoms with E-state index in [4.69, 9.17) is 14.5 Å². The zero-order valence-electron chi connectivity index (χ0n) is 18.4. The zero-order chi connectivity index (χ0) is 21.5. The third-order valence-corrected chi connectivity index (χ3v) is 5.86. The Balaban J connectivity index is 1.95. The van der Waals surface area contributed by atoms with Gasteiger partial charge in [-0.15, -0.1) is 0 Å². The summed E-state index contributed by atoms with van der Waals surface area (Å²) in [4.78, 5) is 17.2. The lowest BCUT2D eigenvalue weighted by atomic mass is 9.83. The van der Waals surface area contributed by atoms with Crippen LogP contribution in [0.5, 0.6) is 5.75 Å². The highest BCUT2D eigenvalue weighted by Gasteiger charge is 2.34. The van der Waals surface area contributed by atoms with Crippen molar-refractivity contribution in [3.8, 4) is 16.9 Å². The van der Waals surface area contributed by atoms with Crippen molar-refractivity contribution >= 4 is 5.97 Å². The first-order valence-electron chi connectivity index (χ1n) is 10.9. The Kier molecular flexibility index (Phi) is 5.58. The van der Waals surface area contributed by atoms with E-state index in [9.17, 15) is 9.90 Å². The summed E-state index contributed by atoms with van der Waals surface area (Å²) in [5, 5.41) is 10.1. The molecule has 1 aliphatic heterocycles. The summed E-state index contributed by atoms with van der Waals surface area (Å²) in [5.41, 5.74) is 6.36. The van der Waals surface area contributed by atoms with Gasteiger partial charge >= 0.3 is 5.97 Å². The van der Waals surface area contributed by atoms with Crippen molar-refractivity contribution in [2.24, 2.45) is 0 Å². The highest BCUT2D eigenvalue weighted by molar-refractivity contribution is 5.83. The minimum absolute atomic E-state index is 0.591. The van der Waals surface area contributed by atoms with E-state index in [0.29, 0.717) is 5.56 Å². The number of hydrogen-bond donors (Lipinski definition) is 1. The number of hydrogen-bond acceptors (Lipinski definition) is 4. The standard InChI is InChI=1S/C25H31NO4/c1-15-21(23(24(27)28)30-25(2,3)4)22(18-9-5-6-10-19(18)26-15)17-11-12-20-16(14-17)8-7-13-29-20/h11-12,14,23H,5-10,13H2,1-4H3,(H,27,28). The van der Waals surface area contributed by atoms with Gasteiger partial charge in [-0.05, 0) is 101 Å². The Morgan fingerprint density at radius 2 is 1.93 bits per heavy atom. The highest BCUT2D eigenvalue weighted by atomic mass is 16.5. The molecule has 2 aliphatic rings. The number of rotatable bonds is 4. The number of nitrogens with zero attached hydrogens (tertiary/aromatic N) is 1. The van der Waals surface area contributed by atoms with Crippen molar-refractivity contribution in [3.63, 3.8) is 0 Å². The number of aliphatic carboxylic acids is 1. The van der Waals surface area contributed by atoms with Crippen LogP contribution >= 0.6 is 0 Å². The molecule has 0 radical (unpaired) electrons. The van der Waals surface area contributed by atoms with E-state index in [-0.39, 0.29) is 0 Å². The van der Waals surface area contributed by atoms with Gasteiger partial charge in [0.25, 0.3) is 0 Å². The molecule has 160 valence electrons. The van der Waals surface area contributed by atoms with Crippen LogP contribution in [0.1, 0.15) is 74.2 Å². The van der Waals surface area contributed by atoms with Gasteiger partial charge < -0.3 is 14.6 Å². The topological polar surface area (TPSA) is 68.7 Å². The minimum Gasteiger partial charge on any atom is -0.493 e. The summed E-state index contributed by atoms with van der Waals surface area (Å²) in [6.45, 7) is 8.33. The minimum atomic E-state index is -1.06. The molecule has 0 fully saturated rings. The fourth-order valence-corrected chi connectivity index (χ4v) is 4.64. The van der Waals surface area contributed by atoms with Gasteiger partial charge in [-0.25, -0.2) is 4.79 Å². The van der Waals surface area contributed by atoms with Gasteiger partial charge in [0.05, 0.1) is 12.2 Å². The molecule has 30 heavy (non-hydrogen) atoms. The fraction of sp³-hybridized carbons (Fsp3) is 0.520. The van der Waals surface area contributed by atoms with E-state index in [1.54, 1.807) is 0 Å². The molecular weight excluding hydrogens is 378 g/mol. The second-order valence-electron chi connectivity index (χ2n) is 9.34. The number of carboxylic acids is 1. The van der Waals surface area contributed by atoms with Gasteiger partial charge in [0.2, 0.25) is 0 Å². The Morgan fingerprint density at radius 3 is 2.67 bits per heavy atom. The van der Waals surface area contributed by atoms with Crippen molar-refractivity contribution in [1.82, 2.24) is 4.98 Å². The van der Waals surface area contributed by atoms with Crippen molar-refractivity contribution in [3.05, 3.63) is 46.3 Å². The van der Waals surface area contributed by atoms with Crippen molar-refractivity contribution < 1.29 is 19.4 Å². The van der Waals surface area contributed by atoms with Crippen molar-refractivity contribution in [2.75, 3.05) is 6.61 Å². The molecule has 0 spiro atoms. The van der Waals surface area contributed by atoms with Crippen LogP contribution in [0.2, 0.25) is 0 Å². The maximum atomic E-state index is 12.3. The lowest BCUT2D eigenvalue weighted by Crippen LogP contribution is -2.29. The molecule has 0 amide bonds. The van der Waals surface area contributed by atoms with Gasteiger partial charge in [0.15, 0.2) is 6.10 Å². The molecule has 2 aromatic rings. The molecule has 2 heterocycles. The monoisotopic (exact) mass is 409 g/mol. The van der Waals surface area contributed by atoms with E-state index >= 15 is 0 Å². The molecule has 1 aromatic heterocycles. The zero-order valence-corrected chi connectivity index (χ0v) is 18.4. The molecule has 1 aromatic carbocycles. The normalized spacial score (nSPS) is 16.9. The number of ether oxygens (including phenoxy) is 2. The van der Waals surface area contributed by atoms with Crippen molar-refractivity contribution in [1.29, 1.82) is 0 Å². The molecule has 1 atom stereocenters. The predicted molar refractivity (Wildman–Crippen MR) is 116 cm³/mol. The van der Waals surface area contributed by atoms with Crippen LogP contribution in [0.15, 0.2) is 18.2 Å². The van der Waals surface area contributed by atoms with Gasteiger partial charge in [0, 0.05) is 17.0 Å². The van der Waals surface area contributed by atoms with Gasteiger partial charge in [-0.1, -0.05) is 6.07 Å². The van der Waals surface area contributed by atoms with Crippen LogP contribution in [0.3, 0.4) is 0 Å². The molecular formula is C25H31NO4. The number of carbonyl (C=O) groups is 1. The van der Waals surface area contributed by atoms with Crippen LogP contribution in [-0.2, 0) is 28.8 Å². The number of aromatic nitrogens is 1. The number of carboxylic acid groups (broad SMARTS) is 1. The molecule has 1 N–H and O–H groups in total. The predicted octanol–water partition coefficient (Wildman–Crippen LogP) is 5.20. The van der Waals surface area contributed by atoms with E-state index < -0.39 is 17.7 Å². The first-order chi connectivity index (χ1) is 14.2. The molecule has 0 saturated heterocycles. The Morgan fingerprint density at radius 1 is 1.17 bits per heavy atom. The number of benzene rings is 1. The van der Waals surface area contributed by atoms with Crippen LogP contribution in [0.25, 0.3) is 11.1 Å². The van der Waals surface area contributed by atoms with Gasteiger partial charge in [-0.3, -0.25) is 4.98 Å². The second-order valence-corrected chi connectivity index (χ2v) is 9.34. The number of fused-ring (bicyclic) bond motifs is 2. The SMILES string of the molecule is Cc1nc2c(c(-c3ccc4c(c3)CCCO4)c1C(OC(C)(C)C)C(=O)O)CCCC2. The molecule has 5 heteroatoms. The first kappa shape index (κ1) is 20.9. The van der Waals surface area contributed by atoms with Crippen molar-refractivity contribution in [2.45, 2.75) is 77.9 Å². The number of pyridine rings is 1. The molecule has 4 rings (SSSR count). The lowest BCUT2D eigenvalue weighted by molar-refractivity contribution is -0.160. The maximum Gasteiger partial charge on any atom is 0.337 e. The highest BCUT2D eigenvalue weighted by Crippen LogP contribution is 2.42. The van der Waals surface area contributed by atoms with Crippen LogP contribution in [0, 0.1) is 6.92 Å². The van der Waals surface area contributed by atoms with Crippen LogP contribution < -0.4 is 4.74 Å². The molecule has 0 bridgehead atoms. The van der Waals surface area contributed by atoms with Gasteiger partial charge in [-0.2, -0.15) is 0 Å². The maximum absolute atomic E-state index is 12.3. The quantitative estimate of drug-likeness (QED) is 0.751. The number of aryl methyl sites for hydroxylation is 3. The summed E-state index contributed by atoms with van der Waals surface area (Å²) in [6.07, 6.45) is 4.99.